The Kier molecular flexibility index (Phi) is 5.45. The number of hydrogen-bond donors (Lipinski definition) is 0. The summed E-state index contributed by atoms with van der Waals surface area (Å²) in [6.45, 7) is 3.84. The van der Waals surface area contributed by atoms with Crippen LogP contribution in [0.15, 0.2) is 75.9 Å². The van der Waals surface area contributed by atoms with E-state index >= 15 is 0 Å². The van der Waals surface area contributed by atoms with Gasteiger partial charge in [0.15, 0.2) is 15.3 Å². The number of carbonyl (C=O) groups excluding carboxylic acids is 1. The number of para-hydroxylation sites is 1. The predicted molar refractivity (Wildman–Crippen MR) is 140 cm³/mol. The van der Waals surface area contributed by atoms with Crippen LogP contribution < -0.4 is 10.2 Å². The third-order valence-electron chi connectivity index (χ3n) is 7.28. The molecule has 1 fully saturated rings. The van der Waals surface area contributed by atoms with Crippen LogP contribution in [0.1, 0.15) is 45.3 Å². The lowest BCUT2D eigenvalue weighted by molar-refractivity contribution is 0.0662. The Morgan fingerprint density at radius 1 is 0.919 bits per heavy atom. The first-order valence-electron chi connectivity index (χ1n) is 12.2. The average Bonchev–Trinajstić information content (AvgIpc) is 3.37. The quantitative estimate of drug-likeness (QED) is 0.382. The number of sulfone groups is 1. The van der Waals surface area contributed by atoms with Crippen molar-refractivity contribution in [3.8, 4) is 11.5 Å². The van der Waals surface area contributed by atoms with E-state index in [0.29, 0.717) is 34.5 Å². The summed E-state index contributed by atoms with van der Waals surface area (Å²) < 4.78 is 36.8. The molecule has 0 bridgehead atoms. The number of hydrogen-bond acceptors (Lipinski definition) is 6. The Morgan fingerprint density at radius 3 is 2.38 bits per heavy atom. The first-order valence-corrected chi connectivity index (χ1v) is 14.0. The predicted octanol–water partition coefficient (Wildman–Crippen LogP) is 4.93. The molecular formula is C29H25NO6S. The Morgan fingerprint density at radius 2 is 1.65 bits per heavy atom. The van der Waals surface area contributed by atoms with Crippen molar-refractivity contribution in [1.29, 1.82) is 0 Å². The number of benzene rings is 3. The standard InChI is InChI=1S/C29H25NO6S/c1-17-13-23-24(14-18(17)2)36-28-25(27(23)31)26(30(29(28)32)20-11-12-37(33,34)16-20)19-7-6-10-22(15-19)35-21-8-4-3-5-9-21/h3-10,13-15,20,26H,11-12,16H2,1-2H3. The molecule has 6 rings (SSSR count). The van der Waals surface area contributed by atoms with E-state index in [0.717, 1.165) is 11.1 Å². The van der Waals surface area contributed by atoms with Crippen molar-refractivity contribution < 1.29 is 22.4 Å². The highest BCUT2D eigenvalue weighted by molar-refractivity contribution is 7.91. The summed E-state index contributed by atoms with van der Waals surface area (Å²) in [6, 6.07) is 18.7. The van der Waals surface area contributed by atoms with Crippen LogP contribution in [0.5, 0.6) is 11.5 Å². The molecular weight excluding hydrogens is 490 g/mol. The Bertz CT molecular complexity index is 1730. The second-order valence-electron chi connectivity index (χ2n) is 9.77. The largest absolute Gasteiger partial charge is 0.457 e. The molecule has 3 heterocycles. The number of amides is 1. The summed E-state index contributed by atoms with van der Waals surface area (Å²) in [7, 11) is -3.28. The molecule has 4 aromatic rings. The maximum Gasteiger partial charge on any atom is 0.291 e. The highest BCUT2D eigenvalue weighted by Crippen LogP contribution is 2.42. The van der Waals surface area contributed by atoms with Crippen LogP contribution in [-0.4, -0.2) is 36.8 Å². The molecule has 2 aliphatic heterocycles. The van der Waals surface area contributed by atoms with E-state index in [-0.39, 0.29) is 28.3 Å². The number of ether oxygens (including phenoxy) is 1. The van der Waals surface area contributed by atoms with Crippen molar-refractivity contribution in [1.82, 2.24) is 4.90 Å². The molecule has 0 N–H and O–H groups in total. The van der Waals surface area contributed by atoms with Crippen LogP contribution in [0, 0.1) is 13.8 Å². The van der Waals surface area contributed by atoms with Gasteiger partial charge in [0.2, 0.25) is 5.76 Å². The minimum absolute atomic E-state index is 0.00338. The second-order valence-corrected chi connectivity index (χ2v) is 12.0. The zero-order valence-corrected chi connectivity index (χ0v) is 21.2. The van der Waals surface area contributed by atoms with E-state index in [9.17, 15) is 18.0 Å². The highest BCUT2D eigenvalue weighted by Gasteiger charge is 2.48. The zero-order chi connectivity index (χ0) is 25.9. The zero-order valence-electron chi connectivity index (χ0n) is 20.4. The van der Waals surface area contributed by atoms with Crippen LogP contribution >= 0.6 is 0 Å². The van der Waals surface area contributed by atoms with Gasteiger partial charge in [-0.2, -0.15) is 0 Å². The van der Waals surface area contributed by atoms with Crippen molar-refractivity contribution in [2.45, 2.75) is 32.4 Å². The van der Waals surface area contributed by atoms with Crippen LogP contribution in [0.3, 0.4) is 0 Å². The van der Waals surface area contributed by atoms with Crippen molar-refractivity contribution >= 4 is 26.7 Å². The van der Waals surface area contributed by atoms with E-state index < -0.39 is 27.8 Å². The van der Waals surface area contributed by atoms with Crippen LogP contribution in [0.25, 0.3) is 11.0 Å². The molecule has 0 aliphatic carbocycles. The molecule has 0 radical (unpaired) electrons. The maximum absolute atomic E-state index is 13.9. The minimum atomic E-state index is -3.28. The molecule has 2 atom stereocenters. The van der Waals surface area contributed by atoms with E-state index in [1.807, 2.05) is 50.2 Å². The summed E-state index contributed by atoms with van der Waals surface area (Å²) in [6.07, 6.45) is 0.310. The first kappa shape index (κ1) is 23.5. The van der Waals surface area contributed by atoms with Gasteiger partial charge < -0.3 is 14.1 Å². The molecule has 2 unspecified atom stereocenters. The minimum Gasteiger partial charge on any atom is -0.457 e. The molecule has 0 spiro atoms. The van der Waals surface area contributed by atoms with Crippen molar-refractivity contribution in [2.75, 3.05) is 11.5 Å². The SMILES string of the molecule is Cc1cc2oc3c(c(=O)c2cc1C)C(c1cccc(Oc2ccccc2)c1)N(C1CCS(=O)(=O)C1)C3=O. The van der Waals surface area contributed by atoms with Gasteiger partial charge in [0.1, 0.15) is 17.1 Å². The molecule has 37 heavy (non-hydrogen) atoms. The normalized spacial score (nSPS) is 20.4. The van der Waals surface area contributed by atoms with Gasteiger partial charge >= 0.3 is 0 Å². The van der Waals surface area contributed by atoms with E-state index in [1.54, 1.807) is 30.3 Å². The Balaban J connectivity index is 1.53. The van der Waals surface area contributed by atoms with Gasteiger partial charge in [0.25, 0.3) is 5.91 Å². The van der Waals surface area contributed by atoms with E-state index in [1.165, 1.54) is 4.90 Å². The lowest BCUT2D eigenvalue weighted by Gasteiger charge is -2.30. The third-order valence-corrected chi connectivity index (χ3v) is 9.03. The van der Waals surface area contributed by atoms with Crippen molar-refractivity contribution in [2.24, 2.45) is 0 Å². The fourth-order valence-corrected chi connectivity index (χ4v) is 7.03. The third kappa shape index (κ3) is 4.01. The lowest BCUT2D eigenvalue weighted by Crippen LogP contribution is -2.40. The van der Waals surface area contributed by atoms with Gasteiger partial charge in [0, 0.05) is 6.04 Å². The Labute approximate surface area is 214 Å². The summed E-state index contributed by atoms with van der Waals surface area (Å²) in [5, 5.41) is 0.400. The summed E-state index contributed by atoms with van der Waals surface area (Å²) in [5.74, 6) is 0.565. The van der Waals surface area contributed by atoms with Crippen LogP contribution in [0.4, 0.5) is 0 Å². The molecule has 2 aliphatic rings. The number of fused-ring (bicyclic) bond motifs is 2. The van der Waals surface area contributed by atoms with Gasteiger partial charge in [-0.3, -0.25) is 9.59 Å². The van der Waals surface area contributed by atoms with Crippen molar-refractivity contribution in [3.05, 3.63) is 105 Å². The summed E-state index contributed by atoms with van der Waals surface area (Å²) in [4.78, 5) is 29.2. The summed E-state index contributed by atoms with van der Waals surface area (Å²) in [5.41, 5.74) is 2.85. The molecule has 7 nitrogen and oxygen atoms in total. The molecule has 188 valence electrons. The maximum atomic E-state index is 13.9. The smallest absolute Gasteiger partial charge is 0.291 e. The van der Waals surface area contributed by atoms with Gasteiger partial charge in [-0.05, 0) is 73.4 Å². The molecule has 8 heteroatoms. The number of rotatable bonds is 4. The topological polar surface area (TPSA) is 93.9 Å². The van der Waals surface area contributed by atoms with Gasteiger partial charge in [-0.1, -0.05) is 30.3 Å². The van der Waals surface area contributed by atoms with Crippen LogP contribution in [-0.2, 0) is 9.84 Å². The Hall–Kier alpha value is -3.91. The second kappa shape index (κ2) is 8.59. The van der Waals surface area contributed by atoms with E-state index in [2.05, 4.69) is 0 Å². The number of nitrogens with zero attached hydrogens (tertiary/aromatic N) is 1. The fraction of sp³-hybridized carbons (Fsp3) is 0.241. The van der Waals surface area contributed by atoms with Crippen LogP contribution in [0.2, 0.25) is 0 Å². The molecule has 1 amide bonds. The molecule has 1 saturated heterocycles. The molecule has 3 aromatic carbocycles. The van der Waals surface area contributed by atoms with Crippen molar-refractivity contribution in [3.63, 3.8) is 0 Å². The van der Waals surface area contributed by atoms with Gasteiger partial charge in [-0.25, -0.2) is 8.42 Å². The highest BCUT2D eigenvalue weighted by atomic mass is 32.2. The molecule has 0 saturated carbocycles. The fourth-order valence-electron chi connectivity index (χ4n) is 5.32. The first-order chi connectivity index (χ1) is 17.7. The molecule has 1 aromatic heterocycles. The monoisotopic (exact) mass is 515 g/mol. The number of carbonyl (C=O) groups is 1. The lowest BCUT2D eigenvalue weighted by atomic mass is 9.96. The number of aryl methyl sites for hydroxylation is 2. The van der Waals surface area contributed by atoms with Gasteiger partial charge in [0.05, 0.1) is 28.5 Å². The van der Waals surface area contributed by atoms with E-state index in [4.69, 9.17) is 9.15 Å². The average molecular weight is 516 g/mol. The summed E-state index contributed by atoms with van der Waals surface area (Å²) >= 11 is 0. The van der Waals surface area contributed by atoms with Gasteiger partial charge in [-0.15, -0.1) is 0 Å².